The molecule has 0 atom stereocenters. The highest BCUT2D eigenvalue weighted by Gasteiger charge is 2.07. The summed E-state index contributed by atoms with van der Waals surface area (Å²) < 4.78 is 2.09. The van der Waals surface area contributed by atoms with Crippen LogP contribution < -0.4 is 5.32 Å². The number of aryl methyl sites for hydroxylation is 1. The molecule has 0 aliphatic heterocycles. The molecule has 0 saturated heterocycles. The Morgan fingerprint density at radius 2 is 2.12 bits per heavy atom. The topological polar surface area (TPSA) is 29.9 Å². The quantitative estimate of drug-likeness (QED) is 0.853. The molecule has 0 saturated carbocycles. The Morgan fingerprint density at radius 3 is 2.88 bits per heavy atom. The van der Waals surface area contributed by atoms with Crippen molar-refractivity contribution in [3.8, 4) is 5.69 Å². The minimum absolute atomic E-state index is 0.877. The fraction of sp³-hybridized carbons (Fsp3) is 0.308. The molecule has 0 spiro atoms. The molecule has 3 heteroatoms. The Bertz CT molecular complexity index is 486. The van der Waals surface area contributed by atoms with Crippen molar-refractivity contribution in [1.29, 1.82) is 0 Å². The van der Waals surface area contributed by atoms with Crippen molar-refractivity contribution < 1.29 is 0 Å². The van der Waals surface area contributed by atoms with Gasteiger partial charge in [-0.3, -0.25) is 4.57 Å². The van der Waals surface area contributed by atoms with E-state index >= 15 is 0 Å². The third-order valence-corrected chi connectivity index (χ3v) is 2.81. The average Bonchev–Trinajstić information content (AvgIpc) is 2.71. The number of hydrogen-bond donors (Lipinski definition) is 1. The van der Waals surface area contributed by atoms with Gasteiger partial charge in [0, 0.05) is 18.9 Å². The molecule has 0 bridgehead atoms. The van der Waals surface area contributed by atoms with E-state index in [1.165, 1.54) is 16.8 Å². The molecule has 0 radical (unpaired) electrons. The number of rotatable bonds is 3. The molecule has 3 nitrogen and oxygen atoms in total. The van der Waals surface area contributed by atoms with E-state index in [9.17, 15) is 0 Å². The van der Waals surface area contributed by atoms with Crippen molar-refractivity contribution in [2.75, 3.05) is 11.9 Å². The lowest BCUT2D eigenvalue weighted by Crippen LogP contribution is -2.06. The van der Waals surface area contributed by atoms with Crippen molar-refractivity contribution in [3.63, 3.8) is 0 Å². The first-order valence-electron chi connectivity index (χ1n) is 5.58. The Kier molecular flexibility index (Phi) is 2.95. The molecule has 1 heterocycles. The molecule has 2 rings (SSSR count). The third kappa shape index (κ3) is 1.81. The number of hydrogen-bond acceptors (Lipinski definition) is 2. The maximum absolute atomic E-state index is 4.30. The van der Waals surface area contributed by atoms with Crippen LogP contribution in [0.5, 0.6) is 0 Å². The molecule has 0 amide bonds. The number of aromatic nitrogens is 2. The van der Waals surface area contributed by atoms with Gasteiger partial charge in [-0.1, -0.05) is 12.1 Å². The molecular formula is C13H17N3. The minimum atomic E-state index is 0.877. The first-order valence-corrected chi connectivity index (χ1v) is 5.58. The van der Waals surface area contributed by atoms with E-state index in [0.29, 0.717) is 0 Å². The van der Waals surface area contributed by atoms with Gasteiger partial charge in [0.05, 0.1) is 5.69 Å². The Labute approximate surface area is 96.1 Å². The van der Waals surface area contributed by atoms with Gasteiger partial charge in [0.25, 0.3) is 0 Å². The van der Waals surface area contributed by atoms with Crippen LogP contribution in [0.1, 0.15) is 18.1 Å². The second-order valence-corrected chi connectivity index (χ2v) is 3.87. The SMILES string of the molecule is CCNc1nccn1-c1cccc(C)c1C. The first kappa shape index (κ1) is 10.7. The summed E-state index contributed by atoms with van der Waals surface area (Å²) in [5, 5.41) is 3.25. The van der Waals surface area contributed by atoms with Crippen LogP contribution in [0.25, 0.3) is 5.69 Å². The van der Waals surface area contributed by atoms with Gasteiger partial charge in [-0.05, 0) is 38.0 Å². The van der Waals surface area contributed by atoms with Gasteiger partial charge in [0.1, 0.15) is 0 Å². The lowest BCUT2D eigenvalue weighted by Gasteiger charge is -2.12. The second-order valence-electron chi connectivity index (χ2n) is 3.87. The predicted molar refractivity (Wildman–Crippen MR) is 67.2 cm³/mol. The molecule has 1 aromatic heterocycles. The molecule has 0 aliphatic carbocycles. The zero-order valence-electron chi connectivity index (χ0n) is 9.99. The van der Waals surface area contributed by atoms with E-state index < -0.39 is 0 Å². The number of nitrogens with one attached hydrogen (secondary N) is 1. The summed E-state index contributed by atoms with van der Waals surface area (Å²) in [5.74, 6) is 0.899. The van der Waals surface area contributed by atoms with Crippen molar-refractivity contribution in [2.45, 2.75) is 20.8 Å². The van der Waals surface area contributed by atoms with E-state index in [-0.39, 0.29) is 0 Å². The number of anilines is 1. The highest BCUT2D eigenvalue weighted by molar-refractivity contribution is 5.49. The Balaban J connectivity index is 2.50. The highest BCUT2D eigenvalue weighted by atomic mass is 15.2. The zero-order chi connectivity index (χ0) is 11.5. The van der Waals surface area contributed by atoms with Crippen LogP contribution in [0.15, 0.2) is 30.6 Å². The zero-order valence-corrected chi connectivity index (χ0v) is 9.99. The maximum Gasteiger partial charge on any atom is 0.207 e. The van der Waals surface area contributed by atoms with Gasteiger partial charge >= 0.3 is 0 Å². The Morgan fingerprint density at radius 1 is 1.31 bits per heavy atom. The lowest BCUT2D eigenvalue weighted by molar-refractivity contribution is 1.01. The predicted octanol–water partition coefficient (Wildman–Crippen LogP) is 2.92. The molecule has 2 aromatic rings. The monoisotopic (exact) mass is 215 g/mol. The second kappa shape index (κ2) is 4.39. The summed E-state index contributed by atoms with van der Waals surface area (Å²) in [4.78, 5) is 4.30. The molecule has 1 N–H and O–H groups in total. The average molecular weight is 215 g/mol. The van der Waals surface area contributed by atoms with E-state index in [0.717, 1.165) is 12.5 Å². The molecule has 0 fully saturated rings. The number of nitrogens with zero attached hydrogens (tertiary/aromatic N) is 2. The van der Waals surface area contributed by atoms with Crippen LogP contribution in [-0.2, 0) is 0 Å². The van der Waals surface area contributed by atoms with Crippen LogP contribution in [0.2, 0.25) is 0 Å². The van der Waals surface area contributed by atoms with Crippen LogP contribution in [0.4, 0.5) is 5.95 Å². The summed E-state index contributed by atoms with van der Waals surface area (Å²) in [5.41, 5.74) is 3.78. The molecule has 16 heavy (non-hydrogen) atoms. The van der Waals surface area contributed by atoms with Crippen LogP contribution in [-0.4, -0.2) is 16.1 Å². The molecule has 1 aromatic carbocycles. The molecule has 84 valence electrons. The molecule has 0 aliphatic rings. The van der Waals surface area contributed by atoms with Crippen molar-refractivity contribution >= 4 is 5.95 Å². The number of benzene rings is 1. The smallest absolute Gasteiger partial charge is 0.207 e. The van der Waals surface area contributed by atoms with Crippen molar-refractivity contribution in [3.05, 3.63) is 41.7 Å². The summed E-state index contributed by atoms with van der Waals surface area (Å²) in [7, 11) is 0. The van der Waals surface area contributed by atoms with Crippen LogP contribution >= 0.6 is 0 Å². The maximum atomic E-state index is 4.30. The van der Waals surface area contributed by atoms with Gasteiger partial charge < -0.3 is 5.32 Å². The summed E-state index contributed by atoms with van der Waals surface area (Å²) in [6.07, 6.45) is 3.81. The van der Waals surface area contributed by atoms with Crippen molar-refractivity contribution in [2.24, 2.45) is 0 Å². The van der Waals surface area contributed by atoms with Gasteiger partial charge in [0.15, 0.2) is 0 Å². The van der Waals surface area contributed by atoms with E-state index in [2.05, 4.69) is 53.8 Å². The minimum Gasteiger partial charge on any atom is -0.356 e. The third-order valence-electron chi connectivity index (χ3n) is 2.81. The molecular weight excluding hydrogens is 198 g/mol. The fourth-order valence-electron chi connectivity index (χ4n) is 1.78. The van der Waals surface area contributed by atoms with E-state index in [4.69, 9.17) is 0 Å². The van der Waals surface area contributed by atoms with Crippen molar-refractivity contribution in [1.82, 2.24) is 9.55 Å². The normalized spacial score (nSPS) is 10.4. The summed E-state index contributed by atoms with van der Waals surface area (Å²) >= 11 is 0. The van der Waals surface area contributed by atoms with E-state index in [1.54, 1.807) is 0 Å². The summed E-state index contributed by atoms with van der Waals surface area (Å²) in [6.45, 7) is 7.22. The Hall–Kier alpha value is -1.77. The van der Waals surface area contributed by atoms with Gasteiger partial charge in [-0.15, -0.1) is 0 Å². The summed E-state index contributed by atoms with van der Waals surface area (Å²) in [6, 6.07) is 6.32. The van der Waals surface area contributed by atoms with Gasteiger partial charge in [-0.25, -0.2) is 4.98 Å². The number of imidazole rings is 1. The largest absolute Gasteiger partial charge is 0.356 e. The van der Waals surface area contributed by atoms with Crippen LogP contribution in [0.3, 0.4) is 0 Å². The van der Waals surface area contributed by atoms with Gasteiger partial charge in [-0.2, -0.15) is 0 Å². The fourth-order valence-corrected chi connectivity index (χ4v) is 1.78. The van der Waals surface area contributed by atoms with Gasteiger partial charge in [0.2, 0.25) is 5.95 Å². The standard InChI is InChI=1S/C13H17N3/c1-4-14-13-15-8-9-16(13)12-7-5-6-10(2)11(12)3/h5-9H,4H2,1-3H3,(H,14,15). The van der Waals surface area contributed by atoms with E-state index in [1.807, 2.05) is 12.4 Å². The lowest BCUT2D eigenvalue weighted by atomic mass is 10.1. The highest BCUT2D eigenvalue weighted by Crippen LogP contribution is 2.20. The first-order chi connectivity index (χ1) is 7.74. The van der Waals surface area contributed by atoms with Crippen LogP contribution in [0, 0.1) is 13.8 Å². The molecule has 0 unspecified atom stereocenters.